The molecule has 3 heteroatoms. The van der Waals surface area contributed by atoms with E-state index in [9.17, 15) is 0 Å². The molecule has 0 fully saturated rings. The van der Waals surface area contributed by atoms with Gasteiger partial charge in [-0.1, -0.05) is 34.1 Å². The van der Waals surface area contributed by atoms with Crippen LogP contribution in [0.1, 0.15) is 12.0 Å². The predicted octanol–water partition coefficient (Wildman–Crippen LogP) is 2.96. The molecule has 0 aliphatic carbocycles. The summed E-state index contributed by atoms with van der Waals surface area (Å²) >= 11 is 3.32. The summed E-state index contributed by atoms with van der Waals surface area (Å²) in [4.78, 5) is 0. The Morgan fingerprint density at radius 3 is 2.92 bits per heavy atom. The second-order valence-corrected chi connectivity index (χ2v) is 3.45. The second kappa shape index (κ2) is 4.68. The molecule has 0 amide bonds. The van der Waals surface area contributed by atoms with E-state index in [1.54, 1.807) is 6.08 Å². The maximum Gasteiger partial charge on any atom is 0.0663 e. The van der Waals surface area contributed by atoms with Crippen molar-refractivity contribution < 1.29 is 0 Å². The maximum absolute atomic E-state index is 8.32. The first-order valence-corrected chi connectivity index (χ1v) is 4.62. The fraction of sp³-hybridized carbons (Fsp3) is 0.100. The number of hydrogen-bond donors (Lipinski definition) is 1. The summed E-state index contributed by atoms with van der Waals surface area (Å²) in [6, 6.07) is 7.70. The van der Waals surface area contributed by atoms with Crippen molar-refractivity contribution in [3.63, 3.8) is 0 Å². The van der Waals surface area contributed by atoms with Crippen molar-refractivity contribution in [2.75, 3.05) is 5.73 Å². The topological polar surface area (TPSA) is 49.8 Å². The van der Waals surface area contributed by atoms with Crippen LogP contribution in [0.2, 0.25) is 0 Å². The van der Waals surface area contributed by atoms with Crippen molar-refractivity contribution in [3.8, 4) is 6.07 Å². The number of hydrogen-bond acceptors (Lipinski definition) is 2. The Bertz CT molecular complexity index is 364. The summed E-state index contributed by atoms with van der Waals surface area (Å²) in [5, 5.41) is 8.32. The molecule has 2 nitrogen and oxygen atoms in total. The van der Waals surface area contributed by atoms with E-state index < -0.39 is 0 Å². The van der Waals surface area contributed by atoms with Gasteiger partial charge in [0.15, 0.2) is 0 Å². The molecule has 1 rings (SSSR count). The molecule has 0 spiro atoms. The summed E-state index contributed by atoms with van der Waals surface area (Å²) in [5.74, 6) is 0. The molecule has 0 radical (unpaired) electrons. The SMILES string of the molecule is N#CCC=Cc1ccc(Br)cc1N. The summed E-state index contributed by atoms with van der Waals surface area (Å²) in [6.07, 6.45) is 4.06. The van der Waals surface area contributed by atoms with Crippen molar-refractivity contribution in [3.05, 3.63) is 34.3 Å². The zero-order valence-corrected chi connectivity index (χ0v) is 8.58. The van der Waals surface area contributed by atoms with Gasteiger partial charge in [-0.3, -0.25) is 0 Å². The fourth-order valence-corrected chi connectivity index (χ4v) is 1.31. The average molecular weight is 237 g/mol. The van der Waals surface area contributed by atoms with Gasteiger partial charge < -0.3 is 5.73 Å². The van der Waals surface area contributed by atoms with Gasteiger partial charge in [0.05, 0.1) is 12.5 Å². The van der Waals surface area contributed by atoms with Crippen molar-refractivity contribution in [2.45, 2.75) is 6.42 Å². The van der Waals surface area contributed by atoms with Crippen LogP contribution in [0.5, 0.6) is 0 Å². The standard InChI is InChI=1S/C10H9BrN2/c11-9-5-4-8(10(13)7-9)3-1-2-6-12/h1,3-5,7H,2,13H2. The van der Waals surface area contributed by atoms with Crippen molar-refractivity contribution in [2.24, 2.45) is 0 Å². The molecular formula is C10H9BrN2. The average Bonchev–Trinajstić information content (AvgIpc) is 2.09. The first kappa shape index (κ1) is 9.82. The number of nitrogen functional groups attached to an aromatic ring is 1. The smallest absolute Gasteiger partial charge is 0.0663 e. The number of allylic oxidation sites excluding steroid dienone is 1. The van der Waals surface area contributed by atoms with E-state index in [0.29, 0.717) is 12.1 Å². The predicted molar refractivity (Wildman–Crippen MR) is 57.8 cm³/mol. The van der Waals surface area contributed by atoms with Gasteiger partial charge in [-0.05, 0) is 17.7 Å². The van der Waals surface area contributed by atoms with Crippen LogP contribution in [0.25, 0.3) is 6.08 Å². The third kappa shape index (κ3) is 2.92. The number of benzene rings is 1. The highest BCUT2D eigenvalue weighted by molar-refractivity contribution is 9.10. The first-order valence-electron chi connectivity index (χ1n) is 3.82. The monoisotopic (exact) mass is 236 g/mol. The number of nitrogens with zero attached hydrogens (tertiary/aromatic N) is 1. The Balaban J connectivity index is 2.85. The van der Waals surface area contributed by atoms with Gasteiger partial charge in [-0.2, -0.15) is 5.26 Å². The van der Waals surface area contributed by atoms with Gasteiger partial charge in [0.1, 0.15) is 0 Å². The molecule has 0 unspecified atom stereocenters. The van der Waals surface area contributed by atoms with Gasteiger partial charge in [-0.15, -0.1) is 0 Å². The second-order valence-electron chi connectivity index (χ2n) is 2.54. The summed E-state index contributed by atoms with van der Waals surface area (Å²) in [5.41, 5.74) is 7.39. The number of anilines is 1. The van der Waals surface area contributed by atoms with Crippen LogP contribution < -0.4 is 5.73 Å². The van der Waals surface area contributed by atoms with E-state index in [0.717, 1.165) is 10.0 Å². The Hall–Kier alpha value is -1.27. The van der Waals surface area contributed by atoms with Crippen LogP contribution in [0.4, 0.5) is 5.69 Å². The van der Waals surface area contributed by atoms with Crippen LogP contribution in [-0.4, -0.2) is 0 Å². The molecule has 0 aliphatic rings. The molecule has 0 atom stereocenters. The quantitative estimate of drug-likeness (QED) is 0.804. The lowest BCUT2D eigenvalue weighted by Gasteiger charge is -1.99. The van der Waals surface area contributed by atoms with Gasteiger partial charge in [-0.25, -0.2) is 0 Å². The third-order valence-electron chi connectivity index (χ3n) is 1.56. The van der Waals surface area contributed by atoms with E-state index in [1.165, 1.54) is 0 Å². The maximum atomic E-state index is 8.32. The van der Waals surface area contributed by atoms with Gasteiger partial charge in [0, 0.05) is 10.2 Å². The van der Waals surface area contributed by atoms with E-state index >= 15 is 0 Å². The Morgan fingerprint density at radius 2 is 2.31 bits per heavy atom. The molecule has 1 aromatic carbocycles. The normalized spacial score (nSPS) is 10.2. The molecule has 0 saturated heterocycles. The Labute approximate surface area is 85.8 Å². The number of rotatable bonds is 2. The molecule has 0 bridgehead atoms. The summed E-state index contributed by atoms with van der Waals surface area (Å²) in [6.45, 7) is 0. The lowest BCUT2D eigenvalue weighted by atomic mass is 10.1. The van der Waals surface area contributed by atoms with Crippen LogP contribution in [0, 0.1) is 11.3 Å². The zero-order valence-electron chi connectivity index (χ0n) is 7.00. The van der Waals surface area contributed by atoms with Gasteiger partial charge in [0.25, 0.3) is 0 Å². The van der Waals surface area contributed by atoms with E-state index in [4.69, 9.17) is 11.0 Å². The molecule has 13 heavy (non-hydrogen) atoms. The van der Waals surface area contributed by atoms with Gasteiger partial charge >= 0.3 is 0 Å². The highest BCUT2D eigenvalue weighted by Gasteiger charge is 1.94. The fourth-order valence-electron chi connectivity index (χ4n) is 0.936. The molecule has 66 valence electrons. The molecule has 0 heterocycles. The minimum Gasteiger partial charge on any atom is -0.398 e. The molecule has 2 N–H and O–H groups in total. The highest BCUT2D eigenvalue weighted by Crippen LogP contribution is 2.19. The molecule has 0 aromatic heterocycles. The van der Waals surface area contributed by atoms with E-state index in [-0.39, 0.29) is 0 Å². The van der Waals surface area contributed by atoms with Crippen LogP contribution >= 0.6 is 15.9 Å². The first-order chi connectivity index (χ1) is 6.24. The van der Waals surface area contributed by atoms with Gasteiger partial charge in [0.2, 0.25) is 0 Å². The van der Waals surface area contributed by atoms with Crippen LogP contribution in [-0.2, 0) is 0 Å². The third-order valence-corrected chi connectivity index (χ3v) is 2.05. The molecular weight excluding hydrogens is 228 g/mol. The number of nitrogens with two attached hydrogens (primary N) is 1. The number of halogens is 1. The summed E-state index contributed by atoms with van der Waals surface area (Å²) < 4.78 is 0.961. The van der Waals surface area contributed by atoms with Crippen molar-refractivity contribution in [1.82, 2.24) is 0 Å². The lowest BCUT2D eigenvalue weighted by Crippen LogP contribution is -1.88. The summed E-state index contributed by atoms with van der Waals surface area (Å²) in [7, 11) is 0. The van der Waals surface area contributed by atoms with Crippen molar-refractivity contribution in [1.29, 1.82) is 5.26 Å². The molecule has 1 aromatic rings. The largest absolute Gasteiger partial charge is 0.398 e. The Morgan fingerprint density at radius 1 is 1.54 bits per heavy atom. The molecule has 0 saturated carbocycles. The minimum atomic E-state index is 0.412. The van der Waals surface area contributed by atoms with E-state index in [1.807, 2.05) is 30.3 Å². The molecule has 0 aliphatic heterocycles. The van der Waals surface area contributed by atoms with E-state index in [2.05, 4.69) is 15.9 Å². The zero-order chi connectivity index (χ0) is 9.68. The van der Waals surface area contributed by atoms with Crippen LogP contribution in [0.3, 0.4) is 0 Å². The Kier molecular flexibility index (Phi) is 3.53. The number of nitriles is 1. The van der Waals surface area contributed by atoms with Crippen molar-refractivity contribution >= 4 is 27.7 Å². The highest BCUT2D eigenvalue weighted by atomic mass is 79.9. The minimum absolute atomic E-state index is 0.412. The van der Waals surface area contributed by atoms with Crippen LogP contribution in [0.15, 0.2) is 28.7 Å². The lowest BCUT2D eigenvalue weighted by molar-refractivity contribution is 1.36.